The second-order valence-electron chi connectivity index (χ2n) is 5.10. The van der Waals surface area contributed by atoms with Gasteiger partial charge in [0.25, 0.3) is 0 Å². The summed E-state index contributed by atoms with van der Waals surface area (Å²) < 4.78 is 6.81. The second kappa shape index (κ2) is 5.57. The molecule has 3 rings (SSSR count). The second-order valence-corrected chi connectivity index (χ2v) is 5.10. The Morgan fingerprint density at radius 3 is 2.90 bits per heavy atom. The average Bonchev–Trinajstić information content (AvgIpc) is 2.97. The Morgan fingerprint density at radius 1 is 1.43 bits per heavy atom. The van der Waals surface area contributed by atoms with E-state index in [4.69, 9.17) is 4.74 Å². The van der Waals surface area contributed by atoms with Gasteiger partial charge in [-0.05, 0) is 35.4 Å². The van der Waals surface area contributed by atoms with Gasteiger partial charge in [-0.25, -0.2) is 4.68 Å². The molecule has 1 aliphatic rings. The summed E-state index contributed by atoms with van der Waals surface area (Å²) in [6.45, 7) is 1.11. The standard InChI is InChI=1S/C13H15N5O3/c19-12(20)13(3-6-21-7-4-13)9-18-11(15-16-17-18)10-2-1-5-14-8-10/h1-2,5,8H,3-4,6-7,9H2,(H,19,20). The minimum Gasteiger partial charge on any atom is -0.481 e. The fraction of sp³-hybridized carbons (Fsp3) is 0.462. The van der Waals surface area contributed by atoms with Gasteiger partial charge in [0.1, 0.15) is 0 Å². The molecule has 0 atom stereocenters. The highest BCUT2D eigenvalue weighted by Gasteiger charge is 2.41. The zero-order valence-corrected chi connectivity index (χ0v) is 11.3. The Morgan fingerprint density at radius 2 is 2.24 bits per heavy atom. The monoisotopic (exact) mass is 289 g/mol. The molecule has 1 aliphatic heterocycles. The molecule has 2 aromatic heterocycles. The fourth-order valence-corrected chi connectivity index (χ4v) is 2.50. The van der Waals surface area contributed by atoms with Crippen molar-refractivity contribution in [3.8, 4) is 11.4 Å². The summed E-state index contributed by atoms with van der Waals surface area (Å²) in [5.41, 5.74) is -0.125. The van der Waals surface area contributed by atoms with Gasteiger partial charge in [0.15, 0.2) is 5.82 Å². The van der Waals surface area contributed by atoms with E-state index >= 15 is 0 Å². The third-order valence-electron chi connectivity index (χ3n) is 3.81. The topological polar surface area (TPSA) is 103 Å². The number of pyridine rings is 1. The van der Waals surface area contributed by atoms with Crippen LogP contribution in [0.1, 0.15) is 12.8 Å². The molecular weight excluding hydrogens is 274 g/mol. The lowest BCUT2D eigenvalue weighted by Crippen LogP contribution is -2.41. The first-order valence-electron chi connectivity index (χ1n) is 6.69. The molecule has 8 nitrogen and oxygen atoms in total. The molecule has 0 spiro atoms. The van der Waals surface area contributed by atoms with Crippen molar-refractivity contribution in [1.29, 1.82) is 0 Å². The Bertz CT molecular complexity index is 622. The van der Waals surface area contributed by atoms with E-state index in [-0.39, 0.29) is 6.54 Å². The Hall–Kier alpha value is -2.35. The van der Waals surface area contributed by atoms with E-state index in [2.05, 4.69) is 20.5 Å². The quantitative estimate of drug-likeness (QED) is 0.879. The van der Waals surface area contributed by atoms with E-state index in [0.717, 1.165) is 5.56 Å². The Kier molecular flexibility index (Phi) is 3.61. The molecule has 0 aliphatic carbocycles. The number of hydrogen-bond acceptors (Lipinski definition) is 6. The van der Waals surface area contributed by atoms with Crippen LogP contribution in [0, 0.1) is 5.41 Å². The van der Waals surface area contributed by atoms with Crippen LogP contribution in [0.5, 0.6) is 0 Å². The van der Waals surface area contributed by atoms with Crippen molar-refractivity contribution in [1.82, 2.24) is 25.2 Å². The molecule has 0 unspecified atom stereocenters. The Labute approximate surface area is 120 Å². The predicted molar refractivity (Wildman–Crippen MR) is 71.2 cm³/mol. The van der Waals surface area contributed by atoms with Crippen molar-refractivity contribution in [2.75, 3.05) is 13.2 Å². The maximum Gasteiger partial charge on any atom is 0.311 e. The summed E-state index contributed by atoms with van der Waals surface area (Å²) in [5.74, 6) is -0.311. The maximum absolute atomic E-state index is 11.7. The molecule has 8 heteroatoms. The number of tetrazole rings is 1. The molecule has 21 heavy (non-hydrogen) atoms. The van der Waals surface area contributed by atoms with Gasteiger partial charge in [-0.15, -0.1) is 5.10 Å². The minimum atomic E-state index is -0.884. The molecule has 2 aromatic rings. The van der Waals surface area contributed by atoms with Crippen LogP contribution in [-0.2, 0) is 16.1 Å². The molecular formula is C13H15N5O3. The third-order valence-corrected chi connectivity index (χ3v) is 3.81. The van der Waals surface area contributed by atoms with E-state index in [9.17, 15) is 9.90 Å². The summed E-state index contributed by atoms with van der Waals surface area (Å²) in [6, 6.07) is 3.63. The highest BCUT2D eigenvalue weighted by atomic mass is 16.5. The summed E-state index contributed by atoms with van der Waals surface area (Å²) in [5, 5.41) is 21.2. The normalized spacial score (nSPS) is 17.5. The lowest BCUT2D eigenvalue weighted by Gasteiger charge is -2.32. The van der Waals surface area contributed by atoms with Crippen LogP contribution in [0.25, 0.3) is 11.4 Å². The molecule has 0 saturated carbocycles. The van der Waals surface area contributed by atoms with Gasteiger partial charge in [-0.2, -0.15) is 0 Å². The number of aliphatic carboxylic acids is 1. The van der Waals surface area contributed by atoms with Crippen molar-refractivity contribution < 1.29 is 14.6 Å². The predicted octanol–water partition coefficient (Wildman–Crippen LogP) is 0.616. The van der Waals surface area contributed by atoms with Crippen LogP contribution in [-0.4, -0.2) is 49.5 Å². The van der Waals surface area contributed by atoms with Gasteiger partial charge < -0.3 is 9.84 Å². The number of nitrogens with zero attached hydrogens (tertiary/aromatic N) is 5. The van der Waals surface area contributed by atoms with Crippen LogP contribution >= 0.6 is 0 Å². The number of carboxylic acids is 1. The molecule has 1 saturated heterocycles. The van der Waals surface area contributed by atoms with Gasteiger partial charge in [0.2, 0.25) is 0 Å². The molecule has 3 heterocycles. The fourth-order valence-electron chi connectivity index (χ4n) is 2.50. The number of hydrogen-bond donors (Lipinski definition) is 1. The molecule has 110 valence electrons. The van der Waals surface area contributed by atoms with E-state index < -0.39 is 11.4 Å². The molecule has 0 amide bonds. The third kappa shape index (κ3) is 2.62. The van der Waals surface area contributed by atoms with E-state index in [1.54, 1.807) is 18.5 Å². The van der Waals surface area contributed by atoms with Crippen molar-refractivity contribution >= 4 is 5.97 Å². The Balaban J connectivity index is 1.91. The summed E-state index contributed by atoms with van der Waals surface area (Å²) in [4.78, 5) is 15.7. The van der Waals surface area contributed by atoms with Gasteiger partial charge >= 0.3 is 5.97 Å². The maximum atomic E-state index is 11.7. The number of carbonyl (C=O) groups is 1. The van der Waals surface area contributed by atoms with Crippen LogP contribution < -0.4 is 0 Å². The SMILES string of the molecule is O=C(O)C1(Cn2nnnc2-c2cccnc2)CCOCC1. The number of ether oxygens (including phenoxy) is 1. The highest BCUT2D eigenvalue weighted by molar-refractivity contribution is 5.74. The van der Waals surface area contributed by atoms with Crippen LogP contribution in [0.3, 0.4) is 0 Å². The van der Waals surface area contributed by atoms with Gasteiger partial charge in [0, 0.05) is 31.2 Å². The first kappa shape index (κ1) is 13.6. The molecule has 1 N–H and O–H groups in total. The molecule has 0 radical (unpaired) electrons. The minimum absolute atomic E-state index is 0.225. The molecule has 0 bridgehead atoms. The highest BCUT2D eigenvalue weighted by Crippen LogP contribution is 2.33. The summed E-state index contributed by atoms with van der Waals surface area (Å²) >= 11 is 0. The number of rotatable bonds is 4. The van der Waals surface area contributed by atoms with Crippen molar-refractivity contribution in [2.24, 2.45) is 5.41 Å². The largest absolute Gasteiger partial charge is 0.481 e. The lowest BCUT2D eigenvalue weighted by molar-refractivity contribution is -0.156. The first-order valence-corrected chi connectivity index (χ1v) is 6.69. The van der Waals surface area contributed by atoms with E-state index in [0.29, 0.717) is 31.9 Å². The van der Waals surface area contributed by atoms with Crippen LogP contribution in [0.15, 0.2) is 24.5 Å². The van der Waals surface area contributed by atoms with E-state index in [1.807, 2.05) is 6.07 Å². The molecule has 1 fully saturated rings. The molecule has 0 aromatic carbocycles. The average molecular weight is 289 g/mol. The zero-order valence-electron chi connectivity index (χ0n) is 11.3. The number of aromatic nitrogens is 5. The zero-order chi connectivity index (χ0) is 14.7. The van der Waals surface area contributed by atoms with Crippen molar-refractivity contribution in [2.45, 2.75) is 19.4 Å². The van der Waals surface area contributed by atoms with Crippen LogP contribution in [0.2, 0.25) is 0 Å². The van der Waals surface area contributed by atoms with Gasteiger partial charge in [0.05, 0.1) is 12.0 Å². The van der Waals surface area contributed by atoms with Gasteiger partial charge in [-0.1, -0.05) is 0 Å². The van der Waals surface area contributed by atoms with Crippen molar-refractivity contribution in [3.05, 3.63) is 24.5 Å². The summed E-state index contributed by atoms with van der Waals surface area (Å²) in [6.07, 6.45) is 4.22. The van der Waals surface area contributed by atoms with Crippen molar-refractivity contribution in [3.63, 3.8) is 0 Å². The van der Waals surface area contributed by atoms with Gasteiger partial charge in [-0.3, -0.25) is 9.78 Å². The number of carboxylic acid groups (broad SMARTS) is 1. The smallest absolute Gasteiger partial charge is 0.311 e. The van der Waals surface area contributed by atoms with Crippen LogP contribution in [0.4, 0.5) is 0 Å². The van der Waals surface area contributed by atoms with E-state index in [1.165, 1.54) is 4.68 Å². The lowest BCUT2D eigenvalue weighted by atomic mass is 9.80. The first-order chi connectivity index (χ1) is 10.2. The summed E-state index contributed by atoms with van der Waals surface area (Å²) in [7, 11) is 0.